The number of nitrogens with zero attached hydrogens (tertiary/aromatic N) is 2. The third kappa shape index (κ3) is 6.68. The lowest BCUT2D eigenvalue weighted by molar-refractivity contribution is -0.121. The van der Waals surface area contributed by atoms with Crippen LogP contribution in [-0.2, 0) is 17.8 Å². The largest absolute Gasteiger partial charge is 0.489 e. The van der Waals surface area contributed by atoms with Crippen molar-refractivity contribution in [3.63, 3.8) is 0 Å². The van der Waals surface area contributed by atoms with Crippen LogP contribution in [0.4, 0.5) is 0 Å². The van der Waals surface area contributed by atoms with Crippen molar-refractivity contribution in [2.75, 3.05) is 0 Å². The van der Waals surface area contributed by atoms with Crippen molar-refractivity contribution in [1.29, 1.82) is 0 Å². The van der Waals surface area contributed by atoms with Crippen LogP contribution in [-0.4, -0.2) is 22.0 Å². The minimum Gasteiger partial charge on any atom is -0.489 e. The van der Waals surface area contributed by atoms with E-state index in [1.54, 1.807) is 36.4 Å². The van der Waals surface area contributed by atoms with E-state index in [1.807, 2.05) is 43.3 Å². The molecule has 178 valence electrons. The summed E-state index contributed by atoms with van der Waals surface area (Å²) in [5.41, 5.74) is 7.85. The van der Waals surface area contributed by atoms with E-state index in [4.69, 9.17) is 20.8 Å². The lowest BCUT2D eigenvalue weighted by atomic mass is 10.1. The zero-order valence-electron chi connectivity index (χ0n) is 19.0. The molecule has 9 heteroatoms. The minimum absolute atomic E-state index is 0.0805. The summed E-state index contributed by atoms with van der Waals surface area (Å²) in [5.74, 6) is 0.654. The molecule has 0 saturated carbocycles. The van der Waals surface area contributed by atoms with Crippen molar-refractivity contribution in [3.8, 4) is 17.2 Å². The fourth-order valence-electron chi connectivity index (χ4n) is 3.16. The van der Waals surface area contributed by atoms with Gasteiger partial charge >= 0.3 is 0 Å². The maximum absolute atomic E-state index is 12.3. The van der Waals surface area contributed by atoms with Crippen molar-refractivity contribution >= 4 is 23.4 Å². The molecule has 35 heavy (non-hydrogen) atoms. The Kier molecular flexibility index (Phi) is 7.74. The number of amides is 2. The van der Waals surface area contributed by atoms with Crippen LogP contribution in [0.5, 0.6) is 5.75 Å². The maximum atomic E-state index is 12.3. The number of ether oxygens (including phenoxy) is 1. The summed E-state index contributed by atoms with van der Waals surface area (Å²) >= 11 is 6.03. The van der Waals surface area contributed by atoms with Gasteiger partial charge in [0.05, 0.1) is 0 Å². The first kappa shape index (κ1) is 24.0. The van der Waals surface area contributed by atoms with Crippen LogP contribution in [0.2, 0.25) is 5.02 Å². The molecule has 4 aromatic rings. The van der Waals surface area contributed by atoms with Crippen LogP contribution in [0, 0.1) is 6.92 Å². The second-order valence-corrected chi connectivity index (χ2v) is 8.17. The predicted molar refractivity (Wildman–Crippen MR) is 131 cm³/mol. The second kappa shape index (κ2) is 11.3. The number of hydrazine groups is 1. The Morgan fingerprint density at radius 2 is 1.74 bits per heavy atom. The van der Waals surface area contributed by atoms with Crippen molar-refractivity contribution in [2.45, 2.75) is 26.4 Å². The molecule has 1 aromatic heterocycles. The summed E-state index contributed by atoms with van der Waals surface area (Å²) in [4.78, 5) is 24.4. The lowest BCUT2D eigenvalue weighted by Crippen LogP contribution is -2.41. The Bertz CT molecular complexity index is 1310. The zero-order valence-corrected chi connectivity index (χ0v) is 19.7. The third-order valence-corrected chi connectivity index (χ3v) is 5.54. The van der Waals surface area contributed by atoms with Gasteiger partial charge < -0.3 is 9.15 Å². The Labute approximate surface area is 207 Å². The quantitative estimate of drug-likeness (QED) is 0.347. The highest BCUT2D eigenvalue weighted by Gasteiger charge is 2.12. The van der Waals surface area contributed by atoms with Crippen LogP contribution in [0.1, 0.15) is 33.8 Å². The molecule has 0 atom stereocenters. The van der Waals surface area contributed by atoms with Gasteiger partial charge in [0.25, 0.3) is 5.91 Å². The molecule has 0 bridgehead atoms. The molecule has 4 rings (SSSR count). The van der Waals surface area contributed by atoms with Crippen LogP contribution >= 0.6 is 11.6 Å². The van der Waals surface area contributed by atoms with E-state index >= 15 is 0 Å². The van der Waals surface area contributed by atoms with E-state index in [2.05, 4.69) is 21.0 Å². The summed E-state index contributed by atoms with van der Waals surface area (Å²) in [6, 6.07) is 21.7. The number of rotatable bonds is 8. The topological polar surface area (TPSA) is 106 Å². The molecule has 2 N–H and O–H groups in total. The first-order valence-corrected chi connectivity index (χ1v) is 11.3. The molecule has 8 nitrogen and oxygen atoms in total. The zero-order chi connectivity index (χ0) is 24.6. The van der Waals surface area contributed by atoms with E-state index in [0.29, 0.717) is 34.7 Å². The fraction of sp³-hybridized carbons (Fsp3) is 0.154. The molecule has 2 amide bonds. The molecular formula is C26H23ClN4O4. The van der Waals surface area contributed by atoms with E-state index in [1.165, 1.54) is 0 Å². The minimum atomic E-state index is -0.428. The van der Waals surface area contributed by atoms with Gasteiger partial charge in [0.1, 0.15) is 12.4 Å². The summed E-state index contributed by atoms with van der Waals surface area (Å²) in [6.45, 7) is 2.26. The van der Waals surface area contributed by atoms with Crippen LogP contribution < -0.4 is 15.6 Å². The molecule has 0 aliphatic heterocycles. The van der Waals surface area contributed by atoms with Gasteiger partial charge in [0, 0.05) is 29.0 Å². The molecule has 0 saturated heterocycles. The summed E-state index contributed by atoms with van der Waals surface area (Å²) in [7, 11) is 0. The number of carbonyl (C=O) groups is 2. The van der Waals surface area contributed by atoms with Gasteiger partial charge in [-0.15, -0.1) is 10.2 Å². The van der Waals surface area contributed by atoms with Crippen molar-refractivity contribution < 1.29 is 18.7 Å². The number of hydrogen-bond donors (Lipinski definition) is 2. The highest BCUT2D eigenvalue weighted by Crippen LogP contribution is 2.22. The van der Waals surface area contributed by atoms with Gasteiger partial charge in [-0.05, 0) is 60.5 Å². The first-order chi connectivity index (χ1) is 17.0. The SMILES string of the molecule is Cc1cc(OCc2ccc(C(=O)NNC(=O)CCc3nnc(-c4ccccc4)o3)cc2)ccc1Cl. The summed E-state index contributed by atoms with van der Waals surface area (Å²) in [5, 5.41) is 8.64. The standard InChI is InChI=1S/C26H23ClN4O4/c1-17-15-21(11-12-22(17)27)34-16-18-7-9-19(10-8-18)25(33)30-28-23(32)13-14-24-29-31-26(35-24)20-5-3-2-4-6-20/h2-12,15H,13-14,16H2,1H3,(H,28,32)(H,30,33). The van der Waals surface area contributed by atoms with Crippen molar-refractivity contribution in [2.24, 2.45) is 0 Å². The third-order valence-electron chi connectivity index (χ3n) is 5.12. The molecule has 0 aliphatic carbocycles. The molecule has 1 heterocycles. The van der Waals surface area contributed by atoms with Gasteiger partial charge in [-0.1, -0.05) is 41.9 Å². The van der Waals surface area contributed by atoms with Gasteiger partial charge in [0.2, 0.25) is 17.7 Å². The second-order valence-electron chi connectivity index (χ2n) is 7.77. The first-order valence-electron chi connectivity index (χ1n) is 10.9. The number of aromatic nitrogens is 2. The molecule has 0 unspecified atom stereocenters. The normalized spacial score (nSPS) is 10.6. The van der Waals surface area contributed by atoms with Gasteiger partial charge in [-0.25, -0.2) is 0 Å². The average molecular weight is 491 g/mol. The van der Waals surface area contributed by atoms with Crippen LogP contribution in [0.15, 0.2) is 77.2 Å². The van der Waals surface area contributed by atoms with Crippen LogP contribution in [0.3, 0.4) is 0 Å². The Morgan fingerprint density at radius 3 is 2.49 bits per heavy atom. The highest BCUT2D eigenvalue weighted by molar-refractivity contribution is 6.31. The van der Waals surface area contributed by atoms with Crippen LogP contribution in [0.25, 0.3) is 11.5 Å². The number of benzene rings is 3. The Morgan fingerprint density at radius 1 is 0.971 bits per heavy atom. The number of hydrogen-bond acceptors (Lipinski definition) is 6. The lowest BCUT2D eigenvalue weighted by Gasteiger charge is -2.09. The highest BCUT2D eigenvalue weighted by atomic mass is 35.5. The molecule has 0 aliphatic rings. The molecule has 0 radical (unpaired) electrons. The maximum Gasteiger partial charge on any atom is 0.269 e. The number of aryl methyl sites for hydroxylation is 2. The smallest absolute Gasteiger partial charge is 0.269 e. The molecular weight excluding hydrogens is 468 g/mol. The number of carbonyl (C=O) groups excluding carboxylic acids is 2. The van der Waals surface area contributed by atoms with E-state index in [0.717, 1.165) is 16.7 Å². The van der Waals surface area contributed by atoms with Crippen molar-refractivity contribution in [3.05, 3.63) is 100 Å². The monoisotopic (exact) mass is 490 g/mol. The van der Waals surface area contributed by atoms with Gasteiger partial charge in [-0.3, -0.25) is 20.4 Å². The van der Waals surface area contributed by atoms with Crippen molar-refractivity contribution in [1.82, 2.24) is 21.0 Å². The average Bonchev–Trinajstić information content (AvgIpc) is 3.37. The Hall–Kier alpha value is -4.17. The molecule has 0 spiro atoms. The van der Waals surface area contributed by atoms with E-state index < -0.39 is 5.91 Å². The molecule has 3 aromatic carbocycles. The van der Waals surface area contributed by atoms with Gasteiger partial charge in [-0.2, -0.15) is 0 Å². The summed E-state index contributed by atoms with van der Waals surface area (Å²) in [6.07, 6.45) is 0.334. The van der Waals surface area contributed by atoms with Gasteiger partial charge in [0.15, 0.2) is 0 Å². The fourth-order valence-corrected chi connectivity index (χ4v) is 3.28. The molecule has 0 fully saturated rings. The Balaban J connectivity index is 1.20. The van der Waals surface area contributed by atoms with E-state index in [9.17, 15) is 9.59 Å². The predicted octanol–water partition coefficient (Wildman–Crippen LogP) is 4.67. The van der Waals surface area contributed by atoms with E-state index in [-0.39, 0.29) is 18.7 Å². The number of nitrogens with one attached hydrogen (secondary N) is 2. The summed E-state index contributed by atoms with van der Waals surface area (Å²) < 4.78 is 11.3. The number of halogens is 1.